The van der Waals surface area contributed by atoms with Crippen molar-refractivity contribution in [2.75, 3.05) is 47.5 Å². The molecule has 0 aliphatic rings. The molecule has 2 unspecified atom stereocenters. The lowest BCUT2D eigenvalue weighted by Gasteiger charge is -2.26. The molecule has 0 spiro atoms. The summed E-state index contributed by atoms with van der Waals surface area (Å²) in [6.07, 6.45) is 77.1. The van der Waals surface area contributed by atoms with Crippen LogP contribution in [0.15, 0.2) is 36.5 Å². The summed E-state index contributed by atoms with van der Waals surface area (Å²) in [5, 5.41) is 11.8. The van der Waals surface area contributed by atoms with Crippen LogP contribution in [0.4, 0.5) is 0 Å². The Bertz CT molecular complexity index is 1420. The van der Waals surface area contributed by atoms with E-state index in [9.17, 15) is 19.5 Å². The number of allylic oxidation sites excluding steroid dienone is 6. The summed E-state index contributed by atoms with van der Waals surface area (Å²) < 4.78 is 22.7. The molecule has 0 aromatic carbocycles. The number of carbonyl (C=O) groups excluding carboxylic acids is 3. The van der Waals surface area contributed by atoms with Gasteiger partial charge in [0.15, 0.2) is 12.4 Å². The molecule has 0 saturated carbocycles. The van der Waals surface area contributed by atoms with Crippen LogP contribution in [0.25, 0.3) is 0 Å². The van der Waals surface area contributed by atoms with E-state index >= 15 is 0 Å². The molecule has 0 fully saturated rings. The Morgan fingerprint density at radius 2 is 0.704 bits per heavy atom. The van der Waals surface area contributed by atoms with Crippen molar-refractivity contribution in [2.45, 2.75) is 360 Å². The van der Waals surface area contributed by atoms with E-state index in [1.807, 2.05) is 21.1 Å². The van der Waals surface area contributed by atoms with Gasteiger partial charge in [0.05, 0.1) is 40.3 Å². The van der Waals surface area contributed by atoms with Gasteiger partial charge in [-0.3, -0.25) is 9.59 Å². The van der Waals surface area contributed by atoms with Crippen LogP contribution in [0.2, 0.25) is 0 Å². The van der Waals surface area contributed by atoms with E-state index in [0.717, 1.165) is 70.6 Å². The minimum Gasteiger partial charge on any atom is -0.545 e. The molecule has 0 rings (SSSR count). The largest absolute Gasteiger partial charge is 0.545 e. The highest BCUT2D eigenvalue weighted by Crippen LogP contribution is 2.19. The van der Waals surface area contributed by atoms with Crippen LogP contribution in [-0.2, 0) is 33.3 Å². The van der Waals surface area contributed by atoms with Gasteiger partial charge in [-0.2, -0.15) is 0 Å². The smallest absolute Gasteiger partial charge is 0.306 e. The number of aliphatic carboxylic acids is 1. The molecule has 476 valence electrons. The van der Waals surface area contributed by atoms with Crippen LogP contribution in [-0.4, -0.2) is 82.3 Å². The average Bonchev–Trinajstić information content (AvgIpc) is 3.44. The molecule has 0 saturated heterocycles. The lowest BCUT2D eigenvalue weighted by molar-refractivity contribution is -0.870. The lowest BCUT2D eigenvalue weighted by atomic mass is 10.0. The molecule has 0 aromatic heterocycles. The van der Waals surface area contributed by atoms with Crippen LogP contribution in [0.1, 0.15) is 348 Å². The van der Waals surface area contributed by atoms with Gasteiger partial charge in [0, 0.05) is 12.8 Å². The zero-order chi connectivity index (χ0) is 59.1. The fourth-order valence-corrected chi connectivity index (χ4v) is 10.6. The summed E-state index contributed by atoms with van der Waals surface area (Å²) in [6.45, 7) is 4.66. The highest BCUT2D eigenvalue weighted by Gasteiger charge is 2.22. The van der Waals surface area contributed by atoms with E-state index in [4.69, 9.17) is 18.9 Å². The number of carbonyl (C=O) groups is 3. The number of quaternary nitrogens is 1. The zero-order valence-electron chi connectivity index (χ0n) is 54.4. The quantitative estimate of drug-likeness (QED) is 0.0195. The monoisotopic (exact) mass is 1140 g/mol. The van der Waals surface area contributed by atoms with E-state index in [-0.39, 0.29) is 32.2 Å². The van der Waals surface area contributed by atoms with Gasteiger partial charge in [-0.05, 0) is 44.9 Å². The van der Waals surface area contributed by atoms with E-state index in [0.29, 0.717) is 23.9 Å². The molecule has 81 heavy (non-hydrogen) atoms. The van der Waals surface area contributed by atoms with Crippen molar-refractivity contribution >= 4 is 17.9 Å². The van der Waals surface area contributed by atoms with Gasteiger partial charge in [0.2, 0.25) is 0 Å². The van der Waals surface area contributed by atoms with E-state index in [1.54, 1.807) is 0 Å². The molecule has 9 nitrogen and oxygen atoms in total. The second-order valence-electron chi connectivity index (χ2n) is 25.2. The highest BCUT2D eigenvalue weighted by atomic mass is 16.7. The summed E-state index contributed by atoms with van der Waals surface area (Å²) in [6, 6.07) is 0. The minimum absolute atomic E-state index is 0.145. The summed E-state index contributed by atoms with van der Waals surface area (Å²) in [4.78, 5) is 37.3. The van der Waals surface area contributed by atoms with Gasteiger partial charge < -0.3 is 33.3 Å². The molecule has 0 heterocycles. The third kappa shape index (κ3) is 64.9. The summed E-state index contributed by atoms with van der Waals surface area (Å²) >= 11 is 0. The number of unbranched alkanes of at least 4 members (excludes halogenated alkanes) is 45. The van der Waals surface area contributed by atoms with E-state index in [1.165, 1.54) is 244 Å². The van der Waals surface area contributed by atoms with E-state index < -0.39 is 24.3 Å². The van der Waals surface area contributed by atoms with Crippen molar-refractivity contribution in [1.29, 1.82) is 0 Å². The fourth-order valence-electron chi connectivity index (χ4n) is 10.6. The van der Waals surface area contributed by atoms with Crippen LogP contribution in [0, 0.1) is 0 Å². The number of hydrogen-bond donors (Lipinski definition) is 0. The number of likely N-dealkylation sites (N-methyl/N-ethyl adjacent to an activating group) is 1. The number of ether oxygens (including phenoxy) is 4. The van der Waals surface area contributed by atoms with Gasteiger partial charge in [-0.15, -0.1) is 0 Å². The van der Waals surface area contributed by atoms with Crippen LogP contribution in [0.5, 0.6) is 0 Å². The van der Waals surface area contributed by atoms with E-state index in [2.05, 4.69) is 50.3 Å². The Morgan fingerprint density at radius 3 is 1.05 bits per heavy atom. The predicted molar refractivity (Wildman–Crippen MR) is 343 cm³/mol. The molecule has 0 amide bonds. The zero-order valence-corrected chi connectivity index (χ0v) is 54.4. The molecular formula is C72H135NO8. The van der Waals surface area contributed by atoms with Gasteiger partial charge in [-0.1, -0.05) is 326 Å². The summed E-state index contributed by atoms with van der Waals surface area (Å²) in [5.41, 5.74) is 0. The third-order valence-electron chi connectivity index (χ3n) is 15.9. The molecule has 0 aliphatic heterocycles. The average molecular weight is 1140 g/mol. The van der Waals surface area contributed by atoms with Crippen molar-refractivity contribution in [2.24, 2.45) is 0 Å². The van der Waals surface area contributed by atoms with Crippen LogP contribution >= 0.6 is 0 Å². The van der Waals surface area contributed by atoms with Crippen molar-refractivity contribution in [3.05, 3.63) is 36.5 Å². The van der Waals surface area contributed by atoms with Crippen LogP contribution in [0.3, 0.4) is 0 Å². The maximum atomic E-state index is 12.8. The first-order valence-corrected chi connectivity index (χ1v) is 35.1. The summed E-state index contributed by atoms with van der Waals surface area (Å²) in [7, 11) is 5.92. The van der Waals surface area contributed by atoms with Crippen molar-refractivity contribution < 1.29 is 42.9 Å². The third-order valence-corrected chi connectivity index (χ3v) is 15.9. The summed E-state index contributed by atoms with van der Waals surface area (Å²) in [5.74, 6) is -2.29. The SMILES string of the molecule is CC/C=C\C/C=C\C/C=C\CCCCCCCC(=O)OC(COC(=O)CCCCCCCCCCCCCCCCCCCCCCCCCCCCCCCCCCCCCCCCCCC)COC(OCC[N+](C)(C)C)C(=O)[O-]. The van der Waals surface area contributed by atoms with Gasteiger partial charge >= 0.3 is 11.9 Å². The molecule has 0 N–H and O–H groups in total. The number of nitrogens with zero attached hydrogens (tertiary/aromatic N) is 1. The first-order chi connectivity index (χ1) is 39.6. The topological polar surface area (TPSA) is 111 Å². The van der Waals surface area contributed by atoms with Crippen molar-refractivity contribution in [3.63, 3.8) is 0 Å². The Balaban J connectivity index is 3.86. The number of carboxylic acids is 1. The number of carboxylic acid groups (broad SMARTS) is 1. The number of rotatable bonds is 66. The van der Waals surface area contributed by atoms with Gasteiger partial charge in [0.1, 0.15) is 13.2 Å². The lowest BCUT2D eigenvalue weighted by Crippen LogP contribution is -2.44. The first-order valence-electron chi connectivity index (χ1n) is 35.1. The first kappa shape index (κ1) is 78.5. The molecule has 0 aliphatic carbocycles. The molecule has 0 radical (unpaired) electrons. The number of esters is 2. The minimum atomic E-state index is -1.63. The molecule has 9 heteroatoms. The Labute approximate surface area is 502 Å². The second kappa shape index (κ2) is 63.5. The van der Waals surface area contributed by atoms with Crippen molar-refractivity contribution in [3.8, 4) is 0 Å². The Kier molecular flexibility index (Phi) is 61.6. The fraction of sp³-hybridized carbons (Fsp3) is 0.875. The van der Waals surface area contributed by atoms with Gasteiger partial charge in [-0.25, -0.2) is 0 Å². The second-order valence-corrected chi connectivity index (χ2v) is 25.2. The Morgan fingerprint density at radius 1 is 0.383 bits per heavy atom. The predicted octanol–water partition coefficient (Wildman–Crippen LogP) is 20.3. The standard InChI is InChI=1S/C72H135NO8/c1-6-8-10-12-14-16-18-20-22-23-24-25-26-27-28-29-30-31-32-33-34-35-36-37-38-39-40-41-42-43-44-45-46-47-49-50-52-54-56-58-60-62-69(74)79-66-68(67-80-72(71(76)77)78-65-64-73(3,4)5)81-70(75)63-61-59-57-55-53-51-48-21-19-17-15-13-11-9-7-2/h9,11,15,17,21,48,68,72H,6-8,10,12-14,16,18-20,22-47,49-67H2,1-5H3/b11-9-,17-15-,48-21-. The maximum absolute atomic E-state index is 12.8. The molecule has 0 bridgehead atoms. The number of hydrogen-bond acceptors (Lipinski definition) is 8. The van der Waals surface area contributed by atoms with Crippen molar-refractivity contribution in [1.82, 2.24) is 0 Å². The maximum Gasteiger partial charge on any atom is 0.306 e. The van der Waals surface area contributed by atoms with Gasteiger partial charge in [0.25, 0.3) is 0 Å². The van der Waals surface area contributed by atoms with Crippen LogP contribution < -0.4 is 5.11 Å². The molecule has 0 aromatic rings. The Hall–Kier alpha value is -2.49. The highest BCUT2D eigenvalue weighted by molar-refractivity contribution is 5.70. The molecule has 2 atom stereocenters. The normalized spacial score (nSPS) is 12.9. The molecular weight excluding hydrogens is 1010 g/mol.